The van der Waals surface area contributed by atoms with Gasteiger partial charge in [-0.25, -0.2) is 0 Å². The molecule has 0 radical (unpaired) electrons. The molecular formula is C21H22BrN3O2. The lowest BCUT2D eigenvalue weighted by molar-refractivity contribution is -0.121. The number of anilines is 1. The molecule has 1 atom stereocenters. The molecule has 1 aliphatic rings. The number of carbonyl (C=O) groups excluding carboxylic acids is 1. The Morgan fingerprint density at radius 3 is 2.89 bits per heavy atom. The standard InChI is InChI=1S/C21H22BrN3O2/c22-17-8-2-1-6-15(17)11-12-20(26)23-14-16-7-5-13-25(16)21-24-18-9-3-4-10-19(18)27-21/h1-4,6,8-10,16H,5,7,11-14H2,(H,23,26)/t16-/m1/s1. The first-order valence-corrected chi connectivity index (χ1v) is 10.1. The number of benzene rings is 2. The molecule has 140 valence electrons. The van der Waals surface area contributed by atoms with E-state index in [9.17, 15) is 4.79 Å². The monoisotopic (exact) mass is 427 g/mol. The van der Waals surface area contributed by atoms with Gasteiger partial charge < -0.3 is 14.6 Å². The fourth-order valence-electron chi connectivity index (χ4n) is 3.55. The maximum absolute atomic E-state index is 12.3. The van der Waals surface area contributed by atoms with Gasteiger partial charge in [-0.2, -0.15) is 4.98 Å². The normalized spacial score (nSPS) is 16.8. The van der Waals surface area contributed by atoms with E-state index in [1.165, 1.54) is 0 Å². The van der Waals surface area contributed by atoms with Crippen LogP contribution in [0.15, 0.2) is 57.4 Å². The summed E-state index contributed by atoms with van der Waals surface area (Å²) >= 11 is 3.53. The maximum Gasteiger partial charge on any atom is 0.298 e. The summed E-state index contributed by atoms with van der Waals surface area (Å²) in [6.07, 6.45) is 3.32. The van der Waals surface area contributed by atoms with Crippen LogP contribution in [-0.4, -0.2) is 30.0 Å². The minimum absolute atomic E-state index is 0.0789. The number of fused-ring (bicyclic) bond motifs is 1. The molecule has 1 N–H and O–H groups in total. The van der Waals surface area contributed by atoms with E-state index in [4.69, 9.17) is 4.42 Å². The van der Waals surface area contributed by atoms with Gasteiger partial charge >= 0.3 is 0 Å². The number of aromatic nitrogens is 1. The van der Waals surface area contributed by atoms with Crippen LogP contribution in [0.5, 0.6) is 0 Å². The average Bonchev–Trinajstić information content (AvgIpc) is 3.31. The molecule has 0 bridgehead atoms. The van der Waals surface area contributed by atoms with Crippen molar-refractivity contribution in [3.05, 3.63) is 58.6 Å². The predicted octanol–water partition coefficient (Wildman–Crippen LogP) is 4.31. The molecule has 3 aromatic rings. The molecule has 2 aromatic carbocycles. The van der Waals surface area contributed by atoms with Gasteiger partial charge in [0.1, 0.15) is 5.52 Å². The van der Waals surface area contributed by atoms with Crippen LogP contribution in [-0.2, 0) is 11.2 Å². The number of amides is 1. The van der Waals surface area contributed by atoms with Gasteiger partial charge in [0.05, 0.1) is 6.04 Å². The first-order chi connectivity index (χ1) is 13.2. The van der Waals surface area contributed by atoms with Gasteiger partial charge in [0.25, 0.3) is 6.01 Å². The summed E-state index contributed by atoms with van der Waals surface area (Å²) in [6, 6.07) is 16.7. The molecule has 1 fully saturated rings. The lowest BCUT2D eigenvalue weighted by Gasteiger charge is -2.23. The number of nitrogens with one attached hydrogen (secondary N) is 1. The summed E-state index contributed by atoms with van der Waals surface area (Å²) in [6.45, 7) is 1.53. The Labute approximate surface area is 166 Å². The first-order valence-electron chi connectivity index (χ1n) is 9.33. The zero-order valence-electron chi connectivity index (χ0n) is 15.0. The van der Waals surface area contributed by atoms with Crippen LogP contribution in [0.1, 0.15) is 24.8 Å². The number of hydrogen-bond acceptors (Lipinski definition) is 4. The molecule has 27 heavy (non-hydrogen) atoms. The van der Waals surface area contributed by atoms with Crippen LogP contribution in [0.25, 0.3) is 11.1 Å². The van der Waals surface area contributed by atoms with Crippen molar-refractivity contribution in [1.82, 2.24) is 10.3 Å². The van der Waals surface area contributed by atoms with E-state index in [0.29, 0.717) is 19.0 Å². The van der Waals surface area contributed by atoms with Gasteiger partial charge in [-0.1, -0.05) is 46.3 Å². The number of hydrogen-bond donors (Lipinski definition) is 1. The average molecular weight is 428 g/mol. The first kappa shape index (κ1) is 18.0. The van der Waals surface area contributed by atoms with E-state index in [2.05, 4.69) is 31.1 Å². The van der Waals surface area contributed by atoms with Crippen LogP contribution in [0, 0.1) is 0 Å². The Bertz CT molecular complexity index is 907. The highest BCUT2D eigenvalue weighted by atomic mass is 79.9. The minimum atomic E-state index is 0.0789. The summed E-state index contributed by atoms with van der Waals surface area (Å²) in [4.78, 5) is 19.1. The van der Waals surface area contributed by atoms with E-state index in [1.807, 2.05) is 48.5 Å². The van der Waals surface area contributed by atoms with Crippen molar-refractivity contribution in [2.45, 2.75) is 31.7 Å². The van der Waals surface area contributed by atoms with E-state index in [1.54, 1.807) is 0 Å². The molecule has 6 heteroatoms. The largest absolute Gasteiger partial charge is 0.423 e. The molecule has 2 heterocycles. The van der Waals surface area contributed by atoms with E-state index in [-0.39, 0.29) is 11.9 Å². The highest BCUT2D eigenvalue weighted by Gasteiger charge is 2.28. The van der Waals surface area contributed by atoms with Crippen molar-refractivity contribution >= 4 is 39.0 Å². The molecule has 1 aliphatic heterocycles. The molecule has 0 aliphatic carbocycles. The van der Waals surface area contributed by atoms with Gasteiger partial charge in [0.2, 0.25) is 5.91 Å². The van der Waals surface area contributed by atoms with Crippen molar-refractivity contribution in [1.29, 1.82) is 0 Å². The van der Waals surface area contributed by atoms with Crippen LogP contribution in [0.4, 0.5) is 6.01 Å². The number of rotatable bonds is 6. The number of nitrogens with zero attached hydrogens (tertiary/aromatic N) is 2. The summed E-state index contributed by atoms with van der Waals surface area (Å²) in [5.41, 5.74) is 2.83. The third kappa shape index (κ3) is 4.16. The fraction of sp³-hybridized carbons (Fsp3) is 0.333. The van der Waals surface area contributed by atoms with Crippen LogP contribution in [0.3, 0.4) is 0 Å². The van der Waals surface area contributed by atoms with Crippen molar-refractivity contribution in [3.8, 4) is 0 Å². The zero-order valence-corrected chi connectivity index (χ0v) is 16.6. The van der Waals surface area contributed by atoms with E-state index >= 15 is 0 Å². The van der Waals surface area contributed by atoms with Crippen molar-refractivity contribution in [3.63, 3.8) is 0 Å². The molecular weight excluding hydrogens is 406 g/mol. The fourth-order valence-corrected chi connectivity index (χ4v) is 4.04. The lowest BCUT2D eigenvalue weighted by atomic mass is 10.1. The Morgan fingerprint density at radius 2 is 2.04 bits per heavy atom. The molecule has 4 rings (SSSR count). The summed E-state index contributed by atoms with van der Waals surface area (Å²) in [7, 11) is 0. The van der Waals surface area contributed by atoms with Gasteiger partial charge in [-0.3, -0.25) is 4.79 Å². The number of aryl methyl sites for hydroxylation is 1. The minimum Gasteiger partial charge on any atom is -0.423 e. The lowest BCUT2D eigenvalue weighted by Crippen LogP contribution is -2.40. The SMILES string of the molecule is O=C(CCc1ccccc1Br)NC[C@H]1CCCN1c1nc2ccccc2o1. The quantitative estimate of drug-likeness (QED) is 0.636. The second-order valence-corrected chi connectivity index (χ2v) is 7.70. The van der Waals surface area contributed by atoms with E-state index in [0.717, 1.165) is 46.9 Å². The second-order valence-electron chi connectivity index (χ2n) is 6.85. The molecule has 0 spiro atoms. The number of oxazole rings is 1. The van der Waals surface area contributed by atoms with Crippen molar-refractivity contribution in [2.24, 2.45) is 0 Å². The Morgan fingerprint density at radius 1 is 1.22 bits per heavy atom. The third-order valence-electron chi connectivity index (χ3n) is 5.02. The molecule has 1 saturated heterocycles. The van der Waals surface area contributed by atoms with Crippen molar-refractivity contribution < 1.29 is 9.21 Å². The number of para-hydroxylation sites is 2. The predicted molar refractivity (Wildman–Crippen MR) is 110 cm³/mol. The molecule has 5 nitrogen and oxygen atoms in total. The van der Waals surface area contributed by atoms with Gasteiger partial charge in [0, 0.05) is 24.0 Å². The van der Waals surface area contributed by atoms with Gasteiger partial charge in [-0.05, 0) is 43.0 Å². The van der Waals surface area contributed by atoms with Gasteiger partial charge in [0.15, 0.2) is 5.58 Å². The van der Waals surface area contributed by atoms with Crippen LogP contribution in [0.2, 0.25) is 0 Å². The van der Waals surface area contributed by atoms with E-state index < -0.39 is 0 Å². The summed E-state index contributed by atoms with van der Waals surface area (Å²) < 4.78 is 6.96. The van der Waals surface area contributed by atoms with Gasteiger partial charge in [-0.15, -0.1) is 0 Å². The highest BCUT2D eigenvalue weighted by molar-refractivity contribution is 9.10. The summed E-state index contributed by atoms with van der Waals surface area (Å²) in [5, 5.41) is 3.08. The highest BCUT2D eigenvalue weighted by Crippen LogP contribution is 2.28. The van der Waals surface area contributed by atoms with Crippen molar-refractivity contribution in [2.75, 3.05) is 18.0 Å². The number of carbonyl (C=O) groups is 1. The molecule has 1 amide bonds. The van der Waals surface area contributed by atoms with Crippen LogP contribution >= 0.6 is 15.9 Å². The smallest absolute Gasteiger partial charge is 0.298 e. The van der Waals surface area contributed by atoms with Crippen LogP contribution < -0.4 is 10.2 Å². The Kier molecular flexibility index (Phi) is 5.43. The molecule has 0 saturated carbocycles. The number of halogens is 1. The third-order valence-corrected chi connectivity index (χ3v) is 5.79. The molecule has 0 unspecified atom stereocenters. The second kappa shape index (κ2) is 8.13. The maximum atomic E-state index is 12.3. The molecule has 1 aromatic heterocycles. The summed E-state index contributed by atoms with van der Waals surface area (Å²) in [5.74, 6) is 0.0789. The zero-order chi connectivity index (χ0) is 18.6. The Hall–Kier alpha value is -2.34. The Balaban J connectivity index is 1.33. The topological polar surface area (TPSA) is 58.4 Å².